The van der Waals surface area contributed by atoms with Crippen LogP contribution in [0.15, 0.2) is 53.4 Å². The summed E-state index contributed by atoms with van der Waals surface area (Å²) in [5.74, 6) is 0.704. The van der Waals surface area contributed by atoms with E-state index in [0.29, 0.717) is 30.5 Å². The zero-order chi connectivity index (χ0) is 22.9. The fraction of sp³-hybridized carbons (Fsp3) is 0.286. The molecule has 0 bridgehead atoms. The number of hydrogen-bond acceptors (Lipinski definition) is 7. The van der Waals surface area contributed by atoms with Crippen LogP contribution in [0.2, 0.25) is 5.15 Å². The van der Waals surface area contributed by atoms with E-state index < -0.39 is 14.9 Å². The van der Waals surface area contributed by atoms with Crippen molar-refractivity contribution >= 4 is 38.2 Å². The molecule has 168 valence electrons. The molecule has 1 aliphatic rings. The van der Waals surface area contributed by atoms with Gasteiger partial charge in [-0.2, -0.15) is 4.31 Å². The van der Waals surface area contributed by atoms with E-state index in [0.717, 1.165) is 22.5 Å². The zero-order valence-electron chi connectivity index (χ0n) is 17.3. The molecule has 0 unspecified atom stereocenters. The van der Waals surface area contributed by atoms with Gasteiger partial charge in [-0.1, -0.05) is 17.7 Å². The third kappa shape index (κ3) is 4.53. The Balaban J connectivity index is 1.45. The molecule has 4 rings (SSSR count). The summed E-state index contributed by atoms with van der Waals surface area (Å²) in [5.41, 5.74) is 1.35. The molecule has 1 fully saturated rings. The summed E-state index contributed by atoms with van der Waals surface area (Å²) in [6, 6.07) is 12.7. The first-order valence-corrected chi connectivity index (χ1v) is 11.7. The van der Waals surface area contributed by atoms with Crippen LogP contribution >= 0.6 is 11.6 Å². The Bertz CT molecular complexity index is 1280. The molecule has 2 aromatic carbocycles. The van der Waals surface area contributed by atoms with Crippen molar-refractivity contribution in [3.8, 4) is 5.75 Å². The Hall–Kier alpha value is -2.79. The van der Waals surface area contributed by atoms with Gasteiger partial charge in [-0.25, -0.2) is 13.4 Å². The van der Waals surface area contributed by atoms with E-state index in [1.165, 1.54) is 22.5 Å². The number of aromatic nitrogens is 1. The monoisotopic (exact) mass is 476 g/mol. The summed E-state index contributed by atoms with van der Waals surface area (Å²) in [6.07, 6.45) is 0. The summed E-state index contributed by atoms with van der Waals surface area (Å²) in [5, 5.41) is 12.3. The maximum Gasteiger partial charge on any atom is 0.270 e. The Morgan fingerprint density at radius 2 is 1.88 bits per heavy atom. The molecule has 1 aromatic heterocycles. The van der Waals surface area contributed by atoms with Crippen molar-refractivity contribution in [3.05, 3.63) is 69.4 Å². The molecule has 3 aromatic rings. The molecule has 0 atom stereocenters. The molecule has 0 radical (unpaired) electrons. The van der Waals surface area contributed by atoms with Gasteiger partial charge in [0, 0.05) is 61.9 Å². The van der Waals surface area contributed by atoms with Crippen LogP contribution in [-0.2, 0) is 16.6 Å². The highest BCUT2D eigenvalue weighted by Gasteiger charge is 2.29. The average molecular weight is 477 g/mol. The number of nitro groups is 1. The van der Waals surface area contributed by atoms with Gasteiger partial charge in [0.25, 0.3) is 5.69 Å². The van der Waals surface area contributed by atoms with Gasteiger partial charge in [0.15, 0.2) is 0 Å². The molecule has 0 spiro atoms. The van der Waals surface area contributed by atoms with E-state index in [9.17, 15) is 18.5 Å². The first-order chi connectivity index (χ1) is 15.3. The predicted octanol–water partition coefficient (Wildman–Crippen LogP) is 3.31. The Kier molecular flexibility index (Phi) is 6.29. The molecule has 1 saturated heterocycles. The van der Waals surface area contributed by atoms with E-state index in [2.05, 4.69) is 9.88 Å². The number of nitrogens with zero attached hydrogens (tertiary/aromatic N) is 4. The van der Waals surface area contributed by atoms with Gasteiger partial charge in [0.2, 0.25) is 10.0 Å². The van der Waals surface area contributed by atoms with Crippen molar-refractivity contribution in [2.24, 2.45) is 0 Å². The maximum absolute atomic E-state index is 12.9. The average Bonchev–Trinajstić information content (AvgIpc) is 2.79. The summed E-state index contributed by atoms with van der Waals surface area (Å²) >= 11 is 6.40. The molecule has 0 N–H and O–H groups in total. The maximum atomic E-state index is 12.9. The normalized spacial score (nSPS) is 15.7. The van der Waals surface area contributed by atoms with Crippen LogP contribution in [0.3, 0.4) is 0 Å². The van der Waals surface area contributed by atoms with Crippen molar-refractivity contribution < 1.29 is 18.1 Å². The van der Waals surface area contributed by atoms with Gasteiger partial charge in [-0.3, -0.25) is 15.0 Å². The number of benzene rings is 2. The van der Waals surface area contributed by atoms with Crippen LogP contribution in [0, 0.1) is 10.1 Å². The molecule has 9 nitrogen and oxygen atoms in total. The zero-order valence-corrected chi connectivity index (χ0v) is 18.8. The Labute approximate surface area is 190 Å². The van der Waals surface area contributed by atoms with Crippen molar-refractivity contribution in [1.29, 1.82) is 0 Å². The molecule has 0 saturated carbocycles. The lowest BCUT2D eigenvalue weighted by Crippen LogP contribution is -2.48. The van der Waals surface area contributed by atoms with Crippen molar-refractivity contribution in [2.45, 2.75) is 11.4 Å². The lowest BCUT2D eigenvalue weighted by atomic mass is 10.1. The topological polar surface area (TPSA) is 106 Å². The fourth-order valence-corrected chi connectivity index (χ4v) is 5.35. The number of non-ortho nitro benzene ring substituents is 1. The number of piperazine rings is 1. The van der Waals surface area contributed by atoms with Gasteiger partial charge in [0.1, 0.15) is 10.9 Å². The smallest absolute Gasteiger partial charge is 0.270 e. The van der Waals surface area contributed by atoms with E-state index >= 15 is 0 Å². The number of ether oxygens (including phenoxy) is 1. The summed E-state index contributed by atoms with van der Waals surface area (Å²) < 4.78 is 32.4. The molecular weight excluding hydrogens is 456 g/mol. The lowest BCUT2D eigenvalue weighted by Gasteiger charge is -2.34. The number of rotatable bonds is 6. The second kappa shape index (κ2) is 8.99. The first kappa shape index (κ1) is 22.4. The molecule has 0 amide bonds. The summed E-state index contributed by atoms with van der Waals surface area (Å²) in [4.78, 5) is 16.9. The standard InChI is InChI=1S/C21H21ClN4O5S/c1-31-18-6-5-15-11-16(21(22)23-20(15)13-18)14-24-7-9-25(10-8-24)32(29,30)19-4-2-3-17(12-19)26(27)28/h2-6,11-13H,7-10,14H2,1H3. The van der Waals surface area contributed by atoms with Gasteiger partial charge < -0.3 is 4.74 Å². The number of pyridine rings is 1. The first-order valence-electron chi connectivity index (χ1n) is 9.88. The minimum absolute atomic E-state index is 0.0719. The predicted molar refractivity (Wildman–Crippen MR) is 120 cm³/mol. The van der Waals surface area contributed by atoms with E-state index in [-0.39, 0.29) is 23.7 Å². The molecule has 1 aliphatic heterocycles. The highest BCUT2D eigenvalue weighted by molar-refractivity contribution is 7.89. The largest absolute Gasteiger partial charge is 0.497 e. The van der Waals surface area contributed by atoms with E-state index in [1.807, 2.05) is 24.3 Å². The van der Waals surface area contributed by atoms with E-state index in [4.69, 9.17) is 16.3 Å². The van der Waals surface area contributed by atoms with Crippen LogP contribution in [-0.4, -0.2) is 60.8 Å². The second-order valence-electron chi connectivity index (χ2n) is 7.43. The van der Waals surface area contributed by atoms with E-state index in [1.54, 1.807) is 7.11 Å². The molecule has 11 heteroatoms. The van der Waals surface area contributed by atoms with Crippen LogP contribution in [0.4, 0.5) is 5.69 Å². The van der Waals surface area contributed by atoms with Crippen molar-refractivity contribution in [3.63, 3.8) is 0 Å². The Morgan fingerprint density at radius 3 is 2.56 bits per heavy atom. The van der Waals surface area contributed by atoms with Crippen LogP contribution in [0.25, 0.3) is 10.9 Å². The number of halogens is 1. The lowest BCUT2D eigenvalue weighted by molar-refractivity contribution is -0.385. The highest BCUT2D eigenvalue weighted by Crippen LogP contribution is 2.26. The minimum Gasteiger partial charge on any atom is -0.497 e. The Morgan fingerprint density at radius 1 is 1.12 bits per heavy atom. The van der Waals surface area contributed by atoms with Gasteiger partial charge >= 0.3 is 0 Å². The number of nitro benzene ring substituents is 1. The van der Waals surface area contributed by atoms with Gasteiger partial charge in [-0.05, 0) is 24.3 Å². The molecule has 0 aliphatic carbocycles. The number of sulfonamides is 1. The third-order valence-electron chi connectivity index (χ3n) is 5.44. The fourth-order valence-electron chi connectivity index (χ4n) is 3.68. The second-order valence-corrected chi connectivity index (χ2v) is 9.73. The number of fused-ring (bicyclic) bond motifs is 1. The highest BCUT2D eigenvalue weighted by atomic mass is 35.5. The summed E-state index contributed by atoms with van der Waals surface area (Å²) in [6.45, 7) is 2.11. The van der Waals surface area contributed by atoms with Crippen molar-refractivity contribution in [1.82, 2.24) is 14.2 Å². The summed E-state index contributed by atoms with van der Waals surface area (Å²) in [7, 11) is -2.21. The minimum atomic E-state index is -3.81. The quantitative estimate of drug-likeness (QED) is 0.305. The molecular formula is C21H21ClN4O5S. The molecule has 32 heavy (non-hydrogen) atoms. The van der Waals surface area contributed by atoms with Gasteiger partial charge in [-0.15, -0.1) is 0 Å². The van der Waals surface area contributed by atoms with Crippen LogP contribution in [0.5, 0.6) is 5.75 Å². The third-order valence-corrected chi connectivity index (χ3v) is 7.66. The van der Waals surface area contributed by atoms with Crippen LogP contribution in [0.1, 0.15) is 5.56 Å². The van der Waals surface area contributed by atoms with Crippen LogP contribution < -0.4 is 4.74 Å². The number of methoxy groups -OCH3 is 1. The van der Waals surface area contributed by atoms with Gasteiger partial charge in [0.05, 0.1) is 22.4 Å². The SMILES string of the molecule is COc1ccc2cc(CN3CCN(S(=O)(=O)c4cccc([N+](=O)[O-])c4)CC3)c(Cl)nc2c1. The number of hydrogen-bond donors (Lipinski definition) is 0. The van der Waals surface area contributed by atoms with Crippen molar-refractivity contribution in [2.75, 3.05) is 33.3 Å². The molecule has 2 heterocycles.